The summed E-state index contributed by atoms with van der Waals surface area (Å²) in [6.45, 7) is 0. The molecule has 0 saturated heterocycles. The summed E-state index contributed by atoms with van der Waals surface area (Å²) in [6, 6.07) is 6.66. The number of nitrogens with one attached hydrogen (secondary N) is 2. The molecule has 2 aromatic rings. The first-order chi connectivity index (χ1) is 18.6. The van der Waals surface area contributed by atoms with Crippen molar-refractivity contribution in [2.75, 3.05) is 10.9 Å². The van der Waals surface area contributed by atoms with E-state index in [4.69, 9.17) is 0 Å². The van der Waals surface area contributed by atoms with Crippen molar-refractivity contribution < 1.29 is 19.7 Å². The van der Waals surface area contributed by atoms with E-state index in [-0.39, 0.29) is 23.2 Å². The summed E-state index contributed by atoms with van der Waals surface area (Å²) in [7, 11) is 0. The van der Waals surface area contributed by atoms with Crippen molar-refractivity contribution in [3.8, 4) is 0 Å². The number of benzene rings is 2. The molecule has 0 spiro atoms. The molecule has 39 heavy (non-hydrogen) atoms. The lowest BCUT2D eigenvalue weighted by Crippen LogP contribution is -2.27. The summed E-state index contributed by atoms with van der Waals surface area (Å²) >= 11 is 0. The molecule has 2 aromatic carbocycles. The Morgan fingerprint density at radius 2 is 1.03 bits per heavy atom. The largest absolute Gasteiger partial charge is 0.301 e. The number of rotatable bonds is 8. The highest BCUT2D eigenvalue weighted by Crippen LogP contribution is 2.69. The van der Waals surface area contributed by atoms with Crippen molar-refractivity contribution >= 4 is 45.5 Å². The van der Waals surface area contributed by atoms with E-state index in [0.717, 1.165) is 42.8 Å². The van der Waals surface area contributed by atoms with Gasteiger partial charge in [-0.1, -0.05) is 0 Å². The van der Waals surface area contributed by atoms with Gasteiger partial charge in [-0.25, -0.2) is 0 Å². The minimum atomic E-state index is -0.701. The lowest BCUT2D eigenvalue weighted by atomic mass is 9.79. The maximum Gasteiger partial charge on any atom is 0.301 e. The first-order valence-electron chi connectivity index (χ1n) is 12.1. The molecule has 4 fully saturated rings. The minimum absolute atomic E-state index is 0.0538. The molecule has 0 amide bonds. The highest BCUT2D eigenvalue weighted by atomic mass is 16.6. The zero-order chi connectivity index (χ0) is 27.6. The standard InChI is InChI=1S/C23H20N8O8/c32-28(33)10-1-3-16(20(5-10)30(36)37)24-26-18-8-12-13-9-19(23-15(13)7-14(12)22(18)23)27-25-17-4-2-11(29(34)35)6-21(17)31(38)39/h1-6,12-15,22-25H,7-9H2. The third-order valence-electron chi connectivity index (χ3n) is 8.58. The smallest absolute Gasteiger partial charge is 0.272 e. The van der Waals surface area contributed by atoms with Crippen LogP contribution in [0.5, 0.6) is 0 Å². The second kappa shape index (κ2) is 8.78. The topological polar surface area (TPSA) is 221 Å². The van der Waals surface area contributed by atoms with E-state index in [9.17, 15) is 40.5 Å². The Kier molecular flexibility index (Phi) is 5.48. The fourth-order valence-corrected chi connectivity index (χ4v) is 7.19. The lowest BCUT2D eigenvalue weighted by molar-refractivity contribution is -0.393. The quantitative estimate of drug-likeness (QED) is 0.355. The van der Waals surface area contributed by atoms with Crippen LogP contribution < -0.4 is 10.9 Å². The predicted octanol–water partition coefficient (Wildman–Crippen LogP) is 4.48. The minimum Gasteiger partial charge on any atom is -0.272 e. The number of hydrazone groups is 2. The van der Waals surface area contributed by atoms with Gasteiger partial charge in [0.25, 0.3) is 11.4 Å². The van der Waals surface area contributed by atoms with Crippen LogP contribution in [-0.2, 0) is 0 Å². The Morgan fingerprint density at radius 1 is 0.615 bits per heavy atom. The van der Waals surface area contributed by atoms with Gasteiger partial charge in [0, 0.05) is 35.4 Å². The van der Waals surface area contributed by atoms with Gasteiger partial charge in [-0.05, 0) is 55.1 Å². The Labute approximate surface area is 218 Å². The van der Waals surface area contributed by atoms with Crippen LogP contribution in [0.1, 0.15) is 19.3 Å². The number of fused-ring (bicyclic) bond motifs is 2. The van der Waals surface area contributed by atoms with Gasteiger partial charge >= 0.3 is 11.4 Å². The number of non-ortho nitro benzene ring substituents is 2. The summed E-state index contributed by atoms with van der Waals surface area (Å²) in [6.07, 6.45) is 2.50. The van der Waals surface area contributed by atoms with E-state index in [2.05, 4.69) is 21.1 Å². The second-order valence-corrected chi connectivity index (χ2v) is 10.2. The van der Waals surface area contributed by atoms with E-state index < -0.39 is 42.4 Å². The van der Waals surface area contributed by atoms with Crippen molar-refractivity contribution in [3.63, 3.8) is 0 Å². The SMILES string of the molecule is O=[N+]([O-])c1ccc(NN=C2CC3C4CC(=NNc5ccc([N+](=O)[O-])cc5[N+](=O)[O-])C5C4CC3C25)c([N+](=O)[O-])c1. The molecular formula is C23H20N8O8. The molecule has 0 aliphatic heterocycles. The van der Waals surface area contributed by atoms with Crippen molar-refractivity contribution in [2.24, 2.45) is 45.7 Å². The molecule has 6 unspecified atom stereocenters. The number of anilines is 2. The second-order valence-electron chi connectivity index (χ2n) is 10.2. The molecule has 4 aliphatic rings. The zero-order valence-corrected chi connectivity index (χ0v) is 20.0. The molecule has 200 valence electrons. The van der Waals surface area contributed by atoms with Gasteiger partial charge in [-0.15, -0.1) is 0 Å². The van der Waals surface area contributed by atoms with Crippen molar-refractivity contribution in [1.82, 2.24) is 0 Å². The first kappa shape index (κ1) is 24.3. The molecular weight excluding hydrogens is 516 g/mol. The van der Waals surface area contributed by atoms with E-state index in [1.165, 1.54) is 24.3 Å². The molecule has 4 aliphatic carbocycles. The Balaban J connectivity index is 1.26. The Bertz CT molecular complexity index is 1410. The maximum atomic E-state index is 11.5. The van der Waals surface area contributed by atoms with Gasteiger partial charge in [0.1, 0.15) is 11.4 Å². The van der Waals surface area contributed by atoms with Crippen molar-refractivity contribution in [1.29, 1.82) is 0 Å². The van der Waals surface area contributed by atoms with Gasteiger partial charge < -0.3 is 0 Å². The summed E-state index contributed by atoms with van der Waals surface area (Å²) in [4.78, 5) is 42.2. The van der Waals surface area contributed by atoms with Gasteiger partial charge in [-0.2, -0.15) is 10.2 Å². The molecule has 16 heteroatoms. The van der Waals surface area contributed by atoms with Crippen LogP contribution in [0.15, 0.2) is 46.6 Å². The van der Waals surface area contributed by atoms with Crippen LogP contribution in [-0.4, -0.2) is 31.1 Å². The molecule has 16 nitrogen and oxygen atoms in total. The third kappa shape index (κ3) is 3.82. The monoisotopic (exact) mass is 536 g/mol. The van der Waals surface area contributed by atoms with E-state index in [1.807, 2.05) is 0 Å². The molecule has 2 bridgehead atoms. The van der Waals surface area contributed by atoms with Crippen LogP contribution in [0.25, 0.3) is 0 Å². The van der Waals surface area contributed by atoms with Crippen LogP contribution in [0.3, 0.4) is 0 Å². The van der Waals surface area contributed by atoms with Gasteiger partial charge in [0.15, 0.2) is 0 Å². The van der Waals surface area contributed by atoms with Gasteiger partial charge in [-0.3, -0.25) is 51.3 Å². The molecule has 4 saturated carbocycles. The molecule has 6 atom stereocenters. The summed E-state index contributed by atoms with van der Waals surface area (Å²) in [5.74, 6) is 1.72. The van der Waals surface area contributed by atoms with Crippen LogP contribution >= 0.6 is 0 Å². The van der Waals surface area contributed by atoms with Gasteiger partial charge in [0.2, 0.25) is 0 Å². The average Bonchev–Trinajstić information content (AvgIpc) is 3.57. The van der Waals surface area contributed by atoms with E-state index in [1.54, 1.807) is 0 Å². The zero-order valence-electron chi connectivity index (χ0n) is 20.0. The molecule has 0 radical (unpaired) electrons. The molecule has 2 N–H and O–H groups in total. The fraction of sp³-hybridized carbons (Fsp3) is 0.391. The summed E-state index contributed by atoms with van der Waals surface area (Å²) in [5.41, 5.74) is 5.67. The van der Waals surface area contributed by atoms with Crippen molar-refractivity contribution in [3.05, 3.63) is 76.9 Å². The Morgan fingerprint density at radius 3 is 1.38 bits per heavy atom. The highest BCUT2D eigenvalue weighted by molar-refractivity contribution is 6.01. The fourth-order valence-electron chi connectivity index (χ4n) is 7.19. The normalized spacial score (nSPS) is 29.6. The number of nitro groups is 4. The van der Waals surface area contributed by atoms with Gasteiger partial charge in [0.05, 0.1) is 31.8 Å². The van der Waals surface area contributed by atoms with Crippen LogP contribution in [0, 0.1) is 76.0 Å². The molecule has 6 rings (SSSR count). The maximum absolute atomic E-state index is 11.5. The lowest BCUT2D eigenvalue weighted by Gasteiger charge is -2.24. The molecule has 0 aromatic heterocycles. The Hall–Kier alpha value is -5.02. The van der Waals surface area contributed by atoms with Crippen molar-refractivity contribution in [2.45, 2.75) is 19.3 Å². The number of nitrogens with zero attached hydrogens (tertiary/aromatic N) is 6. The predicted molar refractivity (Wildman–Crippen MR) is 136 cm³/mol. The summed E-state index contributed by atoms with van der Waals surface area (Å²) < 4.78 is 0. The number of nitro benzene ring substituents is 4. The van der Waals surface area contributed by atoms with E-state index >= 15 is 0 Å². The average molecular weight is 536 g/mol. The van der Waals surface area contributed by atoms with Crippen LogP contribution in [0.2, 0.25) is 0 Å². The van der Waals surface area contributed by atoms with E-state index in [0.29, 0.717) is 23.7 Å². The summed E-state index contributed by atoms with van der Waals surface area (Å²) in [5, 5.41) is 54.1. The number of hydrogen-bond acceptors (Lipinski definition) is 12. The third-order valence-corrected chi connectivity index (χ3v) is 8.58. The van der Waals surface area contributed by atoms with Crippen LogP contribution in [0.4, 0.5) is 34.1 Å². The first-order valence-corrected chi connectivity index (χ1v) is 12.1. The molecule has 0 heterocycles. The highest BCUT2D eigenvalue weighted by Gasteiger charge is 2.67. The number of hydrogen-bond donors (Lipinski definition) is 2.